The molecule has 1 heterocycles. The van der Waals surface area contributed by atoms with Crippen molar-refractivity contribution in [2.24, 2.45) is 0 Å². The van der Waals surface area contributed by atoms with Crippen LogP contribution in [0.3, 0.4) is 0 Å². The van der Waals surface area contributed by atoms with Crippen LogP contribution in [0.2, 0.25) is 0 Å². The van der Waals surface area contributed by atoms with E-state index in [1.165, 1.54) is 6.07 Å². The van der Waals surface area contributed by atoms with Gasteiger partial charge in [-0.1, -0.05) is 6.07 Å². The summed E-state index contributed by atoms with van der Waals surface area (Å²) in [6.45, 7) is 2.40. The van der Waals surface area contributed by atoms with E-state index in [0.717, 1.165) is 11.8 Å². The zero-order chi connectivity index (χ0) is 12.3. The summed E-state index contributed by atoms with van der Waals surface area (Å²) in [5.74, 6) is -0.838. The number of furan rings is 1. The Balaban J connectivity index is 1.96. The van der Waals surface area contributed by atoms with E-state index < -0.39 is 11.6 Å². The molecule has 0 saturated heterocycles. The van der Waals surface area contributed by atoms with Crippen LogP contribution in [0, 0.1) is 11.6 Å². The molecule has 1 unspecified atom stereocenters. The molecule has 0 amide bonds. The zero-order valence-corrected chi connectivity index (χ0v) is 9.41. The van der Waals surface area contributed by atoms with Crippen LogP contribution in [0.1, 0.15) is 24.3 Å². The highest BCUT2D eigenvalue weighted by molar-refractivity contribution is 5.18. The van der Waals surface area contributed by atoms with Gasteiger partial charge in [-0.15, -0.1) is 0 Å². The number of hydrogen-bond acceptors (Lipinski definition) is 2. The fourth-order valence-corrected chi connectivity index (χ4v) is 1.56. The Hall–Kier alpha value is -1.68. The molecule has 4 heteroatoms. The van der Waals surface area contributed by atoms with Crippen LogP contribution < -0.4 is 5.32 Å². The van der Waals surface area contributed by atoms with Gasteiger partial charge in [-0.25, -0.2) is 8.78 Å². The first-order valence-electron chi connectivity index (χ1n) is 5.37. The van der Waals surface area contributed by atoms with Crippen molar-refractivity contribution in [1.82, 2.24) is 5.32 Å². The lowest BCUT2D eigenvalue weighted by atomic mass is 10.2. The van der Waals surface area contributed by atoms with Gasteiger partial charge in [0.1, 0.15) is 5.76 Å². The van der Waals surface area contributed by atoms with Gasteiger partial charge in [0.2, 0.25) is 0 Å². The second-order valence-corrected chi connectivity index (χ2v) is 3.87. The van der Waals surface area contributed by atoms with E-state index in [9.17, 15) is 8.78 Å². The van der Waals surface area contributed by atoms with Crippen LogP contribution in [0.15, 0.2) is 41.0 Å². The Bertz CT molecular complexity index is 482. The summed E-state index contributed by atoms with van der Waals surface area (Å²) in [4.78, 5) is 0. The van der Waals surface area contributed by atoms with Crippen molar-refractivity contribution in [2.45, 2.75) is 19.5 Å². The minimum Gasteiger partial charge on any atom is -0.468 e. The summed E-state index contributed by atoms with van der Waals surface area (Å²) in [7, 11) is 0. The van der Waals surface area contributed by atoms with Crippen LogP contribution in [0.4, 0.5) is 8.78 Å². The molecular formula is C13H13F2NO. The molecule has 2 rings (SSSR count). The van der Waals surface area contributed by atoms with E-state index in [4.69, 9.17) is 4.42 Å². The second-order valence-electron chi connectivity index (χ2n) is 3.87. The van der Waals surface area contributed by atoms with Gasteiger partial charge in [0.05, 0.1) is 12.3 Å². The van der Waals surface area contributed by atoms with Crippen molar-refractivity contribution in [3.8, 4) is 0 Å². The minimum atomic E-state index is -0.826. The topological polar surface area (TPSA) is 25.2 Å². The van der Waals surface area contributed by atoms with E-state index in [1.54, 1.807) is 12.3 Å². The summed E-state index contributed by atoms with van der Waals surface area (Å²) in [5.41, 5.74) is 0.697. The Morgan fingerprint density at radius 3 is 2.71 bits per heavy atom. The number of rotatable bonds is 4. The van der Waals surface area contributed by atoms with Crippen molar-refractivity contribution < 1.29 is 13.2 Å². The molecule has 0 aliphatic heterocycles. The summed E-state index contributed by atoms with van der Waals surface area (Å²) < 4.78 is 30.9. The fraction of sp³-hybridized carbons (Fsp3) is 0.231. The largest absolute Gasteiger partial charge is 0.468 e. The summed E-state index contributed by atoms with van der Waals surface area (Å²) in [5, 5.41) is 3.17. The first-order chi connectivity index (χ1) is 8.16. The molecule has 2 aromatic rings. The van der Waals surface area contributed by atoms with Crippen molar-refractivity contribution in [2.75, 3.05) is 0 Å². The summed E-state index contributed by atoms with van der Waals surface area (Å²) in [6, 6.07) is 7.58. The summed E-state index contributed by atoms with van der Waals surface area (Å²) in [6.07, 6.45) is 1.60. The molecular weight excluding hydrogens is 224 g/mol. The van der Waals surface area contributed by atoms with Gasteiger partial charge >= 0.3 is 0 Å². The van der Waals surface area contributed by atoms with Gasteiger partial charge in [0.25, 0.3) is 0 Å². The fourth-order valence-electron chi connectivity index (χ4n) is 1.56. The molecule has 17 heavy (non-hydrogen) atoms. The highest BCUT2D eigenvalue weighted by Gasteiger charge is 2.08. The van der Waals surface area contributed by atoms with Gasteiger partial charge in [-0.05, 0) is 36.8 Å². The summed E-state index contributed by atoms with van der Waals surface area (Å²) >= 11 is 0. The maximum atomic E-state index is 13.0. The van der Waals surface area contributed by atoms with Crippen LogP contribution in [0.5, 0.6) is 0 Å². The Morgan fingerprint density at radius 2 is 2.06 bits per heavy atom. The lowest BCUT2D eigenvalue weighted by molar-refractivity contribution is 0.429. The molecule has 2 nitrogen and oxygen atoms in total. The van der Waals surface area contributed by atoms with Crippen molar-refractivity contribution >= 4 is 0 Å². The average Bonchev–Trinajstić information content (AvgIpc) is 2.84. The second kappa shape index (κ2) is 5.10. The number of halogens is 2. The quantitative estimate of drug-likeness (QED) is 0.881. The zero-order valence-electron chi connectivity index (χ0n) is 9.41. The standard InChI is InChI=1S/C13H13F2NO/c1-9(13-3-2-6-17-13)16-8-10-4-5-11(14)12(15)7-10/h2-7,9,16H,8H2,1H3. The third kappa shape index (κ3) is 2.91. The number of benzene rings is 1. The van der Waals surface area contributed by atoms with Crippen molar-refractivity contribution in [3.05, 3.63) is 59.6 Å². The maximum absolute atomic E-state index is 13.0. The molecule has 1 aromatic heterocycles. The smallest absolute Gasteiger partial charge is 0.159 e. The number of hydrogen-bond donors (Lipinski definition) is 1. The van der Waals surface area contributed by atoms with Gasteiger partial charge < -0.3 is 9.73 Å². The van der Waals surface area contributed by atoms with Crippen LogP contribution in [0.25, 0.3) is 0 Å². The van der Waals surface area contributed by atoms with E-state index in [-0.39, 0.29) is 6.04 Å². The molecule has 0 spiro atoms. The van der Waals surface area contributed by atoms with Crippen LogP contribution >= 0.6 is 0 Å². The van der Waals surface area contributed by atoms with Crippen molar-refractivity contribution in [3.63, 3.8) is 0 Å². The Labute approximate surface area is 98.3 Å². The van der Waals surface area contributed by atoms with Gasteiger partial charge in [-0.2, -0.15) is 0 Å². The van der Waals surface area contributed by atoms with Crippen molar-refractivity contribution in [1.29, 1.82) is 0 Å². The van der Waals surface area contributed by atoms with Gasteiger partial charge in [-0.3, -0.25) is 0 Å². The highest BCUT2D eigenvalue weighted by Crippen LogP contribution is 2.14. The third-order valence-corrected chi connectivity index (χ3v) is 2.57. The van der Waals surface area contributed by atoms with E-state index in [2.05, 4.69) is 5.32 Å². The lowest BCUT2D eigenvalue weighted by Gasteiger charge is -2.11. The highest BCUT2D eigenvalue weighted by atomic mass is 19.2. The first kappa shape index (κ1) is 11.8. The molecule has 0 fully saturated rings. The van der Waals surface area contributed by atoms with E-state index in [0.29, 0.717) is 12.1 Å². The lowest BCUT2D eigenvalue weighted by Crippen LogP contribution is -2.17. The molecule has 0 radical (unpaired) electrons. The minimum absolute atomic E-state index is 0.0260. The van der Waals surface area contributed by atoms with E-state index in [1.807, 2.05) is 19.1 Å². The SMILES string of the molecule is CC(NCc1ccc(F)c(F)c1)c1ccco1. The Morgan fingerprint density at radius 1 is 1.24 bits per heavy atom. The monoisotopic (exact) mass is 237 g/mol. The molecule has 1 aromatic carbocycles. The Kier molecular flexibility index (Phi) is 3.54. The predicted molar refractivity (Wildman–Crippen MR) is 60.3 cm³/mol. The molecule has 0 aliphatic rings. The molecule has 0 aliphatic carbocycles. The molecule has 1 N–H and O–H groups in total. The first-order valence-corrected chi connectivity index (χ1v) is 5.37. The number of nitrogens with one attached hydrogen (secondary N) is 1. The molecule has 0 bridgehead atoms. The van der Waals surface area contributed by atoms with E-state index >= 15 is 0 Å². The molecule has 90 valence electrons. The maximum Gasteiger partial charge on any atom is 0.159 e. The normalized spacial score (nSPS) is 12.6. The van der Waals surface area contributed by atoms with Gasteiger partial charge in [0, 0.05) is 6.54 Å². The van der Waals surface area contributed by atoms with Gasteiger partial charge in [0.15, 0.2) is 11.6 Å². The third-order valence-electron chi connectivity index (χ3n) is 2.57. The molecule has 0 saturated carbocycles. The average molecular weight is 237 g/mol. The van der Waals surface area contributed by atoms with Crippen LogP contribution in [-0.2, 0) is 6.54 Å². The van der Waals surface area contributed by atoms with Crippen LogP contribution in [-0.4, -0.2) is 0 Å². The molecule has 1 atom stereocenters. The predicted octanol–water partition coefficient (Wildman–Crippen LogP) is 3.41.